The summed E-state index contributed by atoms with van der Waals surface area (Å²) in [5, 5.41) is 6.42. The molecule has 6 nitrogen and oxygen atoms in total. The van der Waals surface area contributed by atoms with Crippen molar-refractivity contribution in [2.75, 3.05) is 26.2 Å². The molecule has 1 unspecified atom stereocenters. The Balaban J connectivity index is 0.00000320. The SMILES string of the molecule is CCNC(=NCc1nccn1Cc1ccccc1)NC1CCN(CC(F)(F)F)C1.I. The van der Waals surface area contributed by atoms with E-state index in [1.54, 1.807) is 6.20 Å². The van der Waals surface area contributed by atoms with Crippen LogP contribution in [0.4, 0.5) is 13.2 Å². The Labute approximate surface area is 192 Å². The monoisotopic (exact) mass is 536 g/mol. The predicted molar refractivity (Wildman–Crippen MR) is 122 cm³/mol. The van der Waals surface area contributed by atoms with Crippen molar-refractivity contribution in [1.29, 1.82) is 0 Å². The van der Waals surface area contributed by atoms with Crippen molar-refractivity contribution in [3.8, 4) is 0 Å². The number of benzene rings is 1. The van der Waals surface area contributed by atoms with E-state index >= 15 is 0 Å². The lowest BCUT2D eigenvalue weighted by Gasteiger charge is -2.19. The van der Waals surface area contributed by atoms with Gasteiger partial charge in [0.2, 0.25) is 0 Å². The molecule has 0 saturated carbocycles. The van der Waals surface area contributed by atoms with Crippen LogP contribution in [0.2, 0.25) is 0 Å². The van der Waals surface area contributed by atoms with E-state index in [-0.39, 0.29) is 30.0 Å². The summed E-state index contributed by atoms with van der Waals surface area (Å²) >= 11 is 0. The molecule has 1 aliphatic rings. The summed E-state index contributed by atoms with van der Waals surface area (Å²) in [7, 11) is 0. The average molecular weight is 536 g/mol. The maximum absolute atomic E-state index is 12.6. The lowest BCUT2D eigenvalue weighted by Crippen LogP contribution is -2.45. The first-order valence-corrected chi connectivity index (χ1v) is 9.81. The van der Waals surface area contributed by atoms with Gasteiger partial charge in [-0.1, -0.05) is 30.3 Å². The molecule has 0 radical (unpaired) electrons. The first-order chi connectivity index (χ1) is 13.9. The molecule has 2 heterocycles. The quantitative estimate of drug-likeness (QED) is 0.324. The number of likely N-dealkylation sites (tertiary alicyclic amines) is 1. The molecular formula is C20H28F3IN6. The summed E-state index contributed by atoms with van der Waals surface area (Å²) in [5.41, 5.74) is 1.18. The minimum Gasteiger partial charge on any atom is -0.357 e. The fourth-order valence-corrected chi connectivity index (χ4v) is 3.43. The average Bonchev–Trinajstić information content (AvgIpc) is 3.28. The minimum atomic E-state index is -4.16. The van der Waals surface area contributed by atoms with Gasteiger partial charge < -0.3 is 15.2 Å². The zero-order chi connectivity index (χ0) is 20.7. The van der Waals surface area contributed by atoms with Crippen LogP contribution >= 0.6 is 24.0 Å². The minimum absolute atomic E-state index is 0. The highest BCUT2D eigenvalue weighted by atomic mass is 127. The van der Waals surface area contributed by atoms with Gasteiger partial charge in [0.15, 0.2) is 5.96 Å². The molecule has 1 aliphatic heterocycles. The van der Waals surface area contributed by atoms with Gasteiger partial charge in [-0.25, -0.2) is 9.98 Å². The van der Waals surface area contributed by atoms with Crippen LogP contribution in [0, 0.1) is 0 Å². The highest BCUT2D eigenvalue weighted by Crippen LogP contribution is 2.20. The maximum atomic E-state index is 12.6. The number of aromatic nitrogens is 2. The molecule has 10 heteroatoms. The Hall–Kier alpha value is -1.82. The zero-order valence-electron chi connectivity index (χ0n) is 16.9. The van der Waals surface area contributed by atoms with E-state index in [0.717, 1.165) is 5.82 Å². The van der Waals surface area contributed by atoms with Crippen molar-refractivity contribution in [3.63, 3.8) is 0 Å². The van der Waals surface area contributed by atoms with Crippen LogP contribution in [0.25, 0.3) is 0 Å². The fraction of sp³-hybridized carbons (Fsp3) is 0.500. The molecule has 0 bridgehead atoms. The number of hydrogen-bond acceptors (Lipinski definition) is 3. The molecule has 1 aromatic carbocycles. The molecule has 166 valence electrons. The normalized spacial score (nSPS) is 17.6. The van der Waals surface area contributed by atoms with Crippen molar-refractivity contribution >= 4 is 29.9 Å². The van der Waals surface area contributed by atoms with Gasteiger partial charge in [-0.05, 0) is 18.9 Å². The van der Waals surface area contributed by atoms with E-state index in [0.29, 0.717) is 45.1 Å². The van der Waals surface area contributed by atoms with Crippen molar-refractivity contribution in [2.45, 2.75) is 38.7 Å². The molecule has 2 aromatic rings. The molecule has 0 amide bonds. The van der Waals surface area contributed by atoms with Crippen LogP contribution in [0.1, 0.15) is 24.7 Å². The van der Waals surface area contributed by atoms with Crippen molar-refractivity contribution < 1.29 is 13.2 Å². The second-order valence-electron chi connectivity index (χ2n) is 7.13. The zero-order valence-corrected chi connectivity index (χ0v) is 19.2. The van der Waals surface area contributed by atoms with Gasteiger partial charge in [0.05, 0.1) is 6.54 Å². The Morgan fingerprint density at radius 2 is 2.03 bits per heavy atom. The molecule has 1 aromatic heterocycles. The summed E-state index contributed by atoms with van der Waals surface area (Å²) < 4.78 is 39.8. The number of aliphatic imine (C=N–C) groups is 1. The van der Waals surface area contributed by atoms with Gasteiger partial charge in [0.1, 0.15) is 12.4 Å². The number of imidazole rings is 1. The molecule has 30 heavy (non-hydrogen) atoms. The Morgan fingerprint density at radius 3 is 2.73 bits per heavy atom. The van der Waals surface area contributed by atoms with Gasteiger partial charge in [0, 0.05) is 44.6 Å². The molecule has 1 saturated heterocycles. The summed E-state index contributed by atoms with van der Waals surface area (Å²) in [6.07, 6.45) is 0.163. The molecule has 3 rings (SSSR count). The topological polar surface area (TPSA) is 57.5 Å². The van der Waals surface area contributed by atoms with Crippen LogP contribution in [0.5, 0.6) is 0 Å². The van der Waals surface area contributed by atoms with E-state index in [2.05, 4.69) is 32.7 Å². The van der Waals surface area contributed by atoms with E-state index in [4.69, 9.17) is 0 Å². The molecule has 2 N–H and O–H groups in total. The number of guanidine groups is 1. The van der Waals surface area contributed by atoms with Crippen LogP contribution in [-0.4, -0.2) is 58.8 Å². The van der Waals surface area contributed by atoms with Gasteiger partial charge in [-0.2, -0.15) is 13.2 Å². The number of nitrogens with zero attached hydrogens (tertiary/aromatic N) is 4. The number of nitrogens with one attached hydrogen (secondary N) is 2. The summed E-state index contributed by atoms with van der Waals surface area (Å²) in [6, 6.07) is 10.0. The fourth-order valence-electron chi connectivity index (χ4n) is 3.43. The third kappa shape index (κ3) is 7.78. The first kappa shape index (κ1) is 24.4. The maximum Gasteiger partial charge on any atom is 0.401 e. The molecule has 0 spiro atoms. The number of rotatable bonds is 7. The predicted octanol–water partition coefficient (Wildman–Crippen LogP) is 3.24. The summed E-state index contributed by atoms with van der Waals surface area (Å²) in [6.45, 7) is 3.64. The van der Waals surface area contributed by atoms with Gasteiger partial charge in [0.25, 0.3) is 0 Å². The van der Waals surface area contributed by atoms with Gasteiger partial charge in [-0.3, -0.25) is 4.90 Å². The number of hydrogen-bond donors (Lipinski definition) is 2. The van der Waals surface area contributed by atoms with E-state index in [9.17, 15) is 13.2 Å². The van der Waals surface area contributed by atoms with Crippen LogP contribution in [-0.2, 0) is 13.1 Å². The standard InChI is InChI=1S/C20H27F3N6.HI/c1-2-24-19(27-17-8-10-28(14-17)15-20(21,22)23)26-12-18-25-9-11-29(18)13-16-6-4-3-5-7-16;/h3-7,9,11,17H,2,8,10,12-15H2,1H3,(H2,24,26,27);1H. The Morgan fingerprint density at radius 1 is 1.27 bits per heavy atom. The smallest absolute Gasteiger partial charge is 0.357 e. The van der Waals surface area contributed by atoms with Crippen molar-refractivity contribution in [1.82, 2.24) is 25.1 Å². The van der Waals surface area contributed by atoms with Crippen molar-refractivity contribution in [3.05, 3.63) is 54.1 Å². The van der Waals surface area contributed by atoms with Crippen LogP contribution < -0.4 is 10.6 Å². The second kappa shape index (κ2) is 11.5. The van der Waals surface area contributed by atoms with E-state index in [1.807, 2.05) is 35.9 Å². The molecule has 1 fully saturated rings. The molecule has 1 atom stereocenters. The Bertz CT molecular complexity index is 793. The van der Waals surface area contributed by atoms with E-state index < -0.39 is 12.7 Å². The summed E-state index contributed by atoms with van der Waals surface area (Å²) in [5.74, 6) is 1.43. The number of halogens is 4. The highest BCUT2D eigenvalue weighted by molar-refractivity contribution is 14.0. The lowest BCUT2D eigenvalue weighted by atomic mass is 10.2. The summed E-state index contributed by atoms with van der Waals surface area (Å²) in [4.78, 5) is 10.4. The van der Waals surface area contributed by atoms with Crippen LogP contribution in [0.3, 0.4) is 0 Å². The largest absolute Gasteiger partial charge is 0.401 e. The highest BCUT2D eigenvalue weighted by Gasteiger charge is 2.34. The second-order valence-corrected chi connectivity index (χ2v) is 7.13. The van der Waals surface area contributed by atoms with Crippen LogP contribution in [0.15, 0.2) is 47.7 Å². The molecule has 0 aliphatic carbocycles. The first-order valence-electron chi connectivity index (χ1n) is 9.81. The van der Waals surface area contributed by atoms with Crippen molar-refractivity contribution in [2.24, 2.45) is 4.99 Å². The lowest BCUT2D eigenvalue weighted by molar-refractivity contribution is -0.143. The third-order valence-electron chi connectivity index (χ3n) is 4.74. The molecular weight excluding hydrogens is 508 g/mol. The van der Waals surface area contributed by atoms with Gasteiger partial charge in [-0.15, -0.1) is 24.0 Å². The third-order valence-corrected chi connectivity index (χ3v) is 4.74. The van der Waals surface area contributed by atoms with E-state index in [1.165, 1.54) is 10.5 Å². The number of alkyl halides is 3. The van der Waals surface area contributed by atoms with Gasteiger partial charge >= 0.3 is 6.18 Å². The Kier molecular flexibility index (Phi) is 9.40.